The number of imidazole rings is 1. The lowest BCUT2D eigenvalue weighted by Gasteiger charge is -2.01. The number of nitrogens with zero attached hydrogens (tertiary/aromatic N) is 3. The van der Waals surface area contributed by atoms with Crippen molar-refractivity contribution in [2.45, 2.75) is 0 Å². The molecule has 2 aromatic carbocycles. The van der Waals surface area contributed by atoms with Crippen molar-refractivity contribution in [3.63, 3.8) is 0 Å². The van der Waals surface area contributed by atoms with Gasteiger partial charge in [0.1, 0.15) is 17.4 Å². The summed E-state index contributed by atoms with van der Waals surface area (Å²) in [5, 5.41) is 11.9. The van der Waals surface area contributed by atoms with Crippen LogP contribution in [0.15, 0.2) is 65.3 Å². The zero-order valence-corrected chi connectivity index (χ0v) is 13.1. The number of hydrogen-bond donors (Lipinski definition) is 0. The molecule has 0 aliphatic rings. The van der Waals surface area contributed by atoms with Crippen LogP contribution in [-0.2, 0) is 0 Å². The first kappa shape index (κ1) is 13.1. The zero-order valence-electron chi connectivity index (χ0n) is 11.5. The molecule has 0 fully saturated rings. The SMILES string of the molecule is N#Cc1c(-c2ccc3ccccc3c2)nc2ccc(Br)cn12. The number of benzene rings is 2. The molecule has 0 saturated carbocycles. The van der Waals surface area contributed by atoms with Gasteiger partial charge >= 0.3 is 0 Å². The van der Waals surface area contributed by atoms with Crippen LogP contribution in [0.2, 0.25) is 0 Å². The van der Waals surface area contributed by atoms with Gasteiger partial charge in [0.2, 0.25) is 0 Å². The molecule has 0 aliphatic heterocycles. The van der Waals surface area contributed by atoms with Crippen molar-refractivity contribution in [1.82, 2.24) is 9.38 Å². The minimum atomic E-state index is 0.548. The molecular weight excluding hydrogens is 338 g/mol. The Hall–Kier alpha value is -2.64. The highest BCUT2D eigenvalue weighted by Gasteiger charge is 2.14. The fraction of sp³-hybridized carbons (Fsp3) is 0. The molecule has 4 aromatic rings. The first-order valence-corrected chi connectivity index (χ1v) is 7.62. The molecule has 0 spiro atoms. The van der Waals surface area contributed by atoms with Crippen molar-refractivity contribution >= 4 is 32.3 Å². The van der Waals surface area contributed by atoms with Gasteiger partial charge in [-0.2, -0.15) is 5.26 Å². The van der Waals surface area contributed by atoms with Gasteiger partial charge in [-0.15, -0.1) is 0 Å². The highest BCUT2D eigenvalue weighted by atomic mass is 79.9. The van der Waals surface area contributed by atoms with Crippen molar-refractivity contribution in [3.05, 3.63) is 71.0 Å². The van der Waals surface area contributed by atoms with Crippen LogP contribution in [0.1, 0.15) is 5.69 Å². The van der Waals surface area contributed by atoms with Gasteiger partial charge in [-0.3, -0.25) is 4.40 Å². The van der Waals surface area contributed by atoms with Crippen molar-refractivity contribution in [1.29, 1.82) is 5.26 Å². The molecule has 2 heterocycles. The summed E-state index contributed by atoms with van der Waals surface area (Å²) in [7, 11) is 0. The van der Waals surface area contributed by atoms with E-state index in [-0.39, 0.29) is 0 Å². The Balaban J connectivity index is 2.01. The lowest BCUT2D eigenvalue weighted by molar-refractivity contribution is 1.14. The lowest BCUT2D eigenvalue weighted by Crippen LogP contribution is -1.89. The summed E-state index contributed by atoms with van der Waals surface area (Å²) in [5.74, 6) is 0. The molecule has 4 heteroatoms. The Kier molecular flexibility index (Phi) is 2.95. The highest BCUT2D eigenvalue weighted by molar-refractivity contribution is 9.10. The largest absolute Gasteiger partial charge is 0.290 e. The fourth-order valence-corrected chi connectivity index (χ4v) is 3.00. The van der Waals surface area contributed by atoms with E-state index in [4.69, 9.17) is 0 Å². The molecule has 3 nitrogen and oxygen atoms in total. The van der Waals surface area contributed by atoms with E-state index in [2.05, 4.69) is 51.2 Å². The van der Waals surface area contributed by atoms with Crippen molar-refractivity contribution in [3.8, 4) is 17.3 Å². The fourth-order valence-electron chi connectivity index (χ4n) is 2.66. The Morgan fingerprint density at radius 2 is 1.82 bits per heavy atom. The third kappa shape index (κ3) is 1.99. The minimum Gasteiger partial charge on any atom is -0.290 e. The van der Waals surface area contributed by atoms with Crippen molar-refractivity contribution in [2.24, 2.45) is 0 Å². The summed E-state index contributed by atoms with van der Waals surface area (Å²) in [4.78, 5) is 4.62. The maximum Gasteiger partial charge on any atom is 0.152 e. The van der Waals surface area contributed by atoms with E-state index in [0.29, 0.717) is 11.4 Å². The Bertz CT molecular complexity index is 1060. The molecule has 0 amide bonds. The minimum absolute atomic E-state index is 0.548. The van der Waals surface area contributed by atoms with Crippen LogP contribution < -0.4 is 0 Å². The number of pyridine rings is 1. The second-order valence-electron chi connectivity index (χ2n) is 5.06. The summed E-state index contributed by atoms with van der Waals surface area (Å²) in [6.45, 7) is 0. The maximum absolute atomic E-state index is 9.54. The highest BCUT2D eigenvalue weighted by Crippen LogP contribution is 2.28. The molecule has 0 unspecified atom stereocenters. The van der Waals surface area contributed by atoms with Crippen LogP contribution in [0.3, 0.4) is 0 Å². The third-order valence-corrected chi connectivity index (χ3v) is 4.18. The van der Waals surface area contributed by atoms with Gasteiger partial charge in [-0.05, 0) is 44.9 Å². The van der Waals surface area contributed by atoms with Crippen LogP contribution >= 0.6 is 15.9 Å². The lowest BCUT2D eigenvalue weighted by atomic mass is 10.0. The number of rotatable bonds is 1. The summed E-state index contributed by atoms with van der Waals surface area (Å²) in [6, 6.07) is 20.4. The number of nitriles is 1. The number of halogens is 1. The Labute approximate surface area is 135 Å². The van der Waals surface area contributed by atoms with Gasteiger partial charge in [-0.25, -0.2) is 4.98 Å². The van der Waals surface area contributed by atoms with Crippen molar-refractivity contribution < 1.29 is 0 Å². The summed E-state index contributed by atoms with van der Waals surface area (Å²) in [5.41, 5.74) is 2.98. The van der Waals surface area contributed by atoms with Gasteiger partial charge < -0.3 is 0 Å². The van der Waals surface area contributed by atoms with Crippen LogP contribution in [0.25, 0.3) is 27.7 Å². The first-order chi connectivity index (χ1) is 10.8. The van der Waals surface area contributed by atoms with E-state index >= 15 is 0 Å². The van der Waals surface area contributed by atoms with E-state index in [9.17, 15) is 5.26 Å². The van der Waals surface area contributed by atoms with Crippen LogP contribution in [0, 0.1) is 11.3 Å². The van der Waals surface area contributed by atoms with Crippen LogP contribution in [-0.4, -0.2) is 9.38 Å². The Morgan fingerprint density at radius 1 is 1.00 bits per heavy atom. The van der Waals surface area contributed by atoms with Gasteiger partial charge in [0.05, 0.1) is 0 Å². The summed E-state index contributed by atoms with van der Waals surface area (Å²) < 4.78 is 2.73. The molecule has 22 heavy (non-hydrogen) atoms. The van der Waals surface area contributed by atoms with E-state index in [1.165, 1.54) is 5.39 Å². The summed E-state index contributed by atoms with van der Waals surface area (Å²) >= 11 is 3.44. The average molecular weight is 348 g/mol. The predicted molar refractivity (Wildman–Crippen MR) is 90.5 cm³/mol. The van der Waals surface area contributed by atoms with E-state index in [0.717, 1.165) is 21.1 Å². The molecule has 0 saturated heterocycles. The molecule has 0 radical (unpaired) electrons. The quantitative estimate of drug-likeness (QED) is 0.496. The van der Waals surface area contributed by atoms with Gasteiger partial charge in [0, 0.05) is 16.2 Å². The standard InChI is InChI=1S/C18H10BrN3/c19-15-7-8-17-21-18(16(10-20)22(17)11-15)14-6-5-12-3-1-2-4-13(12)9-14/h1-9,11H. The molecule has 0 aliphatic carbocycles. The van der Waals surface area contributed by atoms with Crippen molar-refractivity contribution in [2.75, 3.05) is 0 Å². The molecule has 0 N–H and O–H groups in total. The second-order valence-corrected chi connectivity index (χ2v) is 5.97. The zero-order chi connectivity index (χ0) is 15.1. The number of fused-ring (bicyclic) bond motifs is 2. The van der Waals surface area contributed by atoms with Gasteiger partial charge in [-0.1, -0.05) is 36.4 Å². The number of aromatic nitrogens is 2. The molecule has 0 bridgehead atoms. The first-order valence-electron chi connectivity index (χ1n) is 6.83. The molecular formula is C18H10BrN3. The average Bonchev–Trinajstić information content (AvgIpc) is 2.92. The van der Waals surface area contributed by atoms with E-state index < -0.39 is 0 Å². The predicted octanol–water partition coefficient (Wildman–Crippen LogP) is 4.79. The molecule has 4 rings (SSSR count). The molecule has 2 aromatic heterocycles. The summed E-state index contributed by atoms with van der Waals surface area (Å²) in [6.07, 6.45) is 1.87. The monoisotopic (exact) mass is 347 g/mol. The normalized spacial score (nSPS) is 10.9. The maximum atomic E-state index is 9.54. The van der Waals surface area contributed by atoms with E-state index in [1.54, 1.807) is 0 Å². The number of hydrogen-bond acceptors (Lipinski definition) is 2. The van der Waals surface area contributed by atoms with Crippen LogP contribution in [0.5, 0.6) is 0 Å². The smallest absolute Gasteiger partial charge is 0.152 e. The topological polar surface area (TPSA) is 41.1 Å². The van der Waals surface area contributed by atoms with E-state index in [1.807, 2.05) is 40.9 Å². The molecule has 104 valence electrons. The molecule has 0 atom stereocenters. The van der Waals surface area contributed by atoms with Gasteiger partial charge in [0.15, 0.2) is 5.69 Å². The third-order valence-electron chi connectivity index (χ3n) is 3.71. The second kappa shape index (κ2) is 4.97. The van der Waals surface area contributed by atoms with Gasteiger partial charge in [0.25, 0.3) is 0 Å². The van der Waals surface area contributed by atoms with Crippen LogP contribution in [0.4, 0.5) is 0 Å². The Morgan fingerprint density at radius 3 is 2.64 bits per heavy atom.